The number of rotatable bonds is 4. The van der Waals surface area contributed by atoms with Crippen LogP contribution < -0.4 is 0 Å². The van der Waals surface area contributed by atoms with Crippen molar-refractivity contribution >= 4 is 28.9 Å². The maximum Gasteiger partial charge on any atom is 0.137 e. The number of nitrogens with zero attached hydrogens (tertiary/aromatic N) is 3. The minimum atomic E-state index is 0.0840. The van der Waals surface area contributed by atoms with Crippen molar-refractivity contribution in [1.29, 1.82) is 10.5 Å². The van der Waals surface area contributed by atoms with Gasteiger partial charge in [0.15, 0.2) is 0 Å². The molecule has 0 saturated carbocycles. The maximum atomic E-state index is 9.13. The molecule has 0 fully saturated rings. The minimum Gasteiger partial charge on any atom is -0.372 e. The van der Waals surface area contributed by atoms with E-state index in [1.807, 2.05) is 43.5 Å². The smallest absolute Gasteiger partial charge is 0.137 e. The zero-order chi connectivity index (χ0) is 15.1. The van der Waals surface area contributed by atoms with Crippen LogP contribution in [0.5, 0.6) is 0 Å². The highest BCUT2D eigenvalue weighted by Gasteiger charge is 2.09. The van der Waals surface area contributed by atoms with Gasteiger partial charge in [-0.15, -0.1) is 11.8 Å². The van der Waals surface area contributed by atoms with Crippen LogP contribution in [0.15, 0.2) is 40.9 Å². The van der Waals surface area contributed by atoms with Crippen LogP contribution >= 0.6 is 23.4 Å². The van der Waals surface area contributed by atoms with Crippen molar-refractivity contribution in [1.82, 2.24) is 4.90 Å². The zero-order valence-corrected chi connectivity index (χ0v) is 13.1. The van der Waals surface area contributed by atoms with E-state index >= 15 is 0 Å². The van der Waals surface area contributed by atoms with Gasteiger partial charge < -0.3 is 4.90 Å². The molecule has 0 spiro atoms. The van der Waals surface area contributed by atoms with E-state index in [-0.39, 0.29) is 5.57 Å². The number of hydrogen-bond acceptors (Lipinski definition) is 4. The van der Waals surface area contributed by atoms with Crippen molar-refractivity contribution < 1.29 is 0 Å². The first kappa shape index (κ1) is 16.2. The number of halogens is 1. The highest BCUT2D eigenvalue weighted by atomic mass is 35.5. The Labute approximate surface area is 128 Å². The second-order valence-corrected chi connectivity index (χ2v) is 5.36. The molecule has 20 heavy (non-hydrogen) atoms. The fourth-order valence-electron chi connectivity index (χ4n) is 1.57. The van der Waals surface area contributed by atoms with Gasteiger partial charge in [0.25, 0.3) is 0 Å². The lowest BCUT2D eigenvalue weighted by molar-refractivity contribution is 0.551. The van der Waals surface area contributed by atoms with Crippen LogP contribution in [0, 0.1) is 22.7 Å². The number of nitriles is 2. The van der Waals surface area contributed by atoms with Crippen molar-refractivity contribution in [2.45, 2.75) is 0 Å². The number of allylic oxidation sites excluding steroid dienone is 3. The largest absolute Gasteiger partial charge is 0.372 e. The van der Waals surface area contributed by atoms with Crippen molar-refractivity contribution in [3.05, 3.63) is 51.5 Å². The molecule has 0 radical (unpaired) electrons. The highest BCUT2D eigenvalue weighted by Crippen LogP contribution is 2.26. The quantitative estimate of drug-likeness (QED) is 0.625. The molecule has 1 rings (SSSR count). The average molecular weight is 304 g/mol. The van der Waals surface area contributed by atoms with Crippen molar-refractivity contribution in [3.8, 4) is 12.1 Å². The van der Waals surface area contributed by atoms with E-state index in [0.717, 1.165) is 10.6 Å². The fourth-order valence-corrected chi connectivity index (χ4v) is 2.30. The van der Waals surface area contributed by atoms with Gasteiger partial charge in [-0.25, -0.2) is 0 Å². The molecule has 0 aliphatic carbocycles. The predicted octanol–water partition coefficient (Wildman–Crippen LogP) is 3.91. The third-order valence-electron chi connectivity index (χ3n) is 2.57. The fraction of sp³-hybridized carbons (Fsp3) is 0.200. The van der Waals surface area contributed by atoms with Crippen LogP contribution in [0.4, 0.5) is 0 Å². The van der Waals surface area contributed by atoms with Gasteiger partial charge in [0.05, 0.1) is 5.03 Å². The summed E-state index contributed by atoms with van der Waals surface area (Å²) >= 11 is 7.42. The molecule has 3 nitrogen and oxygen atoms in total. The van der Waals surface area contributed by atoms with E-state index in [0.29, 0.717) is 10.6 Å². The highest BCUT2D eigenvalue weighted by molar-refractivity contribution is 8.02. The summed E-state index contributed by atoms with van der Waals surface area (Å²) in [6.45, 7) is 0. The summed E-state index contributed by atoms with van der Waals surface area (Å²) < 4.78 is 0. The molecule has 0 heterocycles. The number of benzene rings is 1. The minimum absolute atomic E-state index is 0.0840. The van der Waals surface area contributed by atoms with Gasteiger partial charge in [-0.05, 0) is 30.0 Å². The van der Waals surface area contributed by atoms with E-state index in [9.17, 15) is 0 Å². The first-order valence-electron chi connectivity index (χ1n) is 5.77. The Hall–Kier alpha value is -1.88. The Bertz CT molecular complexity index is 600. The van der Waals surface area contributed by atoms with E-state index in [4.69, 9.17) is 22.1 Å². The normalized spacial score (nSPS) is 10.4. The van der Waals surface area contributed by atoms with Gasteiger partial charge in [-0.3, -0.25) is 0 Å². The molecule has 0 bridgehead atoms. The van der Waals surface area contributed by atoms with E-state index in [1.165, 1.54) is 0 Å². The Balaban J connectivity index is 3.47. The standard InChI is InChI=1S/C15H14ClN3S/c1-19(2)15(20-3)8-14(12(9-17)10-18)11-4-6-13(16)7-5-11/h4-8H,1-3H3/b15-8+. The zero-order valence-electron chi connectivity index (χ0n) is 11.5. The number of hydrogen-bond donors (Lipinski definition) is 0. The summed E-state index contributed by atoms with van der Waals surface area (Å²) in [4.78, 5) is 1.94. The van der Waals surface area contributed by atoms with Crippen LogP contribution in [0.2, 0.25) is 5.02 Å². The second-order valence-electron chi connectivity index (χ2n) is 4.10. The van der Waals surface area contributed by atoms with Crippen LogP contribution in [-0.2, 0) is 0 Å². The van der Waals surface area contributed by atoms with E-state index in [2.05, 4.69) is 0 Å². The SMILES string of the molecule is CS/C(=C/C(=C(C#N)C#N)c1ccc(Cl)cc1)N(C)C. The Kier molecular flexibility index (Phi) is 6.18. The molecule has 0 aliphatic rings. The van der Waals surface area contributed by atoms with Gasteiger partial charge in [-0.1, -0.05) is 23.7 Å². The summed E-state index contributed by atoms with van der Waals surface area (Å²) in [5.74, 6) is 0. The molecule has 0 aliphatic heterocycles. The summed E-state index contributed by atoms with van der Waals surface area (Å²) in [6.07, 6.45) is 3.79. The lowest BCUT2D eigenvalue weighted by Crippen LogP contribution is -2.08. The second kappa shape index (κ2) is 7.65. The van der Waals surface area contributed by atoms with E-state index < -0.39 is 0 Å². The average Bonchev–Trinajstić information content (AvgIpc) is 2.44. The molecule has 102 valence electrons. The third kappa shape index (κ3) is 4.06. The molecule has 0 unspecified atom stereocenters. The molecule has 0 amide bonds. The summed E-state index contributed by atoms with van der Waals surface area (Å²) in [6, 6.07) is 11.0. The molecule has 0 aromatic heterocycles. The van der Waals surface area contributed by atoms with Gasteiger partial charge in [0.1, 0.15) is 17.7 Å². The Morgan fingerprint density at radius 1 is 1.20 bits per heavy atom. The van der Waals surface area contributed by atoms with Gasteiger partial charge >= 0.3 is 0 Å². The molecular formula is C15H14ClN3S. The summed E-state index contributed by atoms with van der Waals surface area (Å²) in [7, 11) is 3.83. The third-order valence-corrected chi connectivity index (χ3v) is 3.72. The molecule has 5 heteroatoms. The van der Waals surface area contributed by atoms with Crippen molar-refractivity contribution in [3.63, 3.8) is 0 Å². The van der Waals surface area contributed by atoms with Crippen LogP contribution in [0.25, 0.3) is 5.57 Å². The number of thioether (sulfide) groups is 1. The molecule has 0 N–H and O–H groups in total. The lowest BCUT2D eigenvalue weighted by atomic mass is 10.0. The first-order chi connectivity index (χ1) is 9.53. The monoisotopic (exact) mass is 303 g/mol. The summed E-state index contributed by atoms with van der Waals surface area (Å²) in [5.41, 5.74) is 1.48. The van der Waals surface area contributed by atoms with Crippen LogP contribution in [0.3, 0.4) is 0 Å². The van der Waals surface area contributed by atoms with E-state index in [1.54, 1.807) is 36.0 Å². The topological polar surface area (TPSA) is 50.8 Å². The first-order valence-corrected chi connectivity index (χ1v) is 7.37. The van der Waals surface area contributed by atoms with Gasteiger partial charge in [-0.2, -0.15) is 10.5 Å². The van der Waals surface area contributed by atoms with Crippen LogP contribution in [0.1, 0.15) is 5.56 Å². The maximum absolute atomic E-state index is 9.13. The molecule has 0 atom stereocenters. The lowest BCUT2D eigenvalue weighted by Gasteiger charge is -2.16. The summed E-state index contributed by atoms with van der Waals surface area (Å²) in [5, 5.41) is 19.8. The Morgan fingerprint density at radius 3 is 2.15 bits per heavy atom. The molecule has 1 aromatic carbocycles. The molecule has 1 aromatic rings. The molecular weight excluding hydrogens is 290 g/mol. The molecule has 0 saturated heterocycles. The predicted molar refractivity (Wildman–Crippen MR) is 84.9 cm³/mol. The van der Waals surface area contributed by atoms with Crippen molar-refractivity contribution in [2.24, 2.45) is 0 Å². The van der Waals surface area contributed by atoms with Crippen molar-refractivity contribution in [2.75, 3.05) is 20.4 Å². The Morgan fingerprint density at radius 2 is 1.75 bits per heavy atom. The van der Waals surface area contributed by atoms with Crippen LogP contribution in [-0.4, -0.2) is 25.3 Å². The van der Waals surface area contributed by atoms with Gasteiger partial charge in [0, 0.05) is 24.7 Å². The van der Waals surface area contributed by atoms with Gasteiger partial charge in [0.2, 0.25) is 0 Å².